The monoisotopic (exact) mass is 248 g/mol. The Balaban J connectivity index is 1.87. The number of benzene rings is 1. The van der Waals surface area contributed by atoms with Gasteiger partial charge >= 0.3 is 0 Å². The lowest BCUT2D eigenvalue weighted by Gasteiger charge is -2.29. The SMILES string of the molecule is C[C@@H]1CCCC[C@H]1NCc1ccc([N+](=O)[O-])cc1. The van der Waals surface area contributed by atoms with Crippen molar-refractivity contribution >= 4 is 5.69 Å². The Labute approximate surface area is 108 Å². The van der Waals surface area contributed by atoms with Gasteiger partial charge in [0.05, 0.1) is 4.92 Å². The fourth-order valence-electron chi connectivity index (χ4n) is 2.60. The number of non-ortho nitro benzene ring substituents is 1. The predicted octanol–water partition coefficient (Wildman–Crippen LogP) is 3.26. The number of nitro benzene ring substituents is 1. The van der Waals surface area contributed by atoms with Gasteiger partial charge in [-0.15, -0.1) is 0 Å². The predicted molar refractivity (Wildman–Crippen MR) is 71.4 cm³/mol. The van der Waals surface area contributed by atoms with Crippen molar-refractivity contribution in [1.29, 1.82) is 0 Å². The molecule has 0 amide bonds. The van der Waals surface area contributed by atoms with Crippen molar-refractivity contribution in [2.24, 2.45) is 5.92 Å². The molecule has 0 unspecified atom stereocenters. The third-order valence-electron chi connectivity index (χ3n) is 3.83. The zero-order valence-corrected chi connectivity index (χ0v) is 10.8. The van der Waals surface area contributed by atoms with Crippen molar-refractivity contribution in [2.45, 2.75) is 45.2 Å². The fourth-order valence-corrected chi connectivity index (χ4v) is 2.60. The second kappa shape index (κ2) is 5.96. The first kappa shape index (κ1) is 13.0. The Morgan fingerprint density at radius 3 is 2.56 bits per heavy atom. The van der Waals surface area contributed by atoms with Crippen LogP contribution in [0.3, 0.4) is 0 Å². The van der Waals surface area contributed by atoms with E-state index in [1.165, 1.54) is 25.7 Å². The quantitative estimate of drug-likeness (QED) is 0.657. The molecule has 0 aliphatic heterocycles. The molecular weight excluding hydrogens is 228 g/mol. The first-order chi connectivity index (χ1) is 8.66. The van der Waals surface area contributed by atoms with Crippen LogP contribution in [-0.4, -0.2) is 11.0 Å². The molecule has 0 aromatic heterocycles. The van der Waals surface area contributed by atoms with Crippen molar-refractivity contribution in [3.05, 3.63) is 39.9 Å². The number of nitrogens with zero attached hydrogens (tertiary/aromatic N) is 1. The summed E-state index contributed by atoms with van der Waals surface area (Å²) in [6, 6.07) is 7.40. The Morgan fingerprint density at radius 1 is 1.28 bits per heavy atom. The van der Waals surface area contributed by atoms with Crippen LogP contribution in [0.5, 0.6) is 0 Å². The summed E-state index contributed by atoms with van der Waals surface area (Å²) >= 11 is 0. The minimum atomic E-state index is -0.361. The largest absolute Gasteiger partial charge is 0.310 e. The van der Waals surface area contributed by atoms with Crippen LogP contribution in [0.15, 0.2) is 24.3 Å². The van der Waals surface area contributed by atoms with Crippen LogP contribution in [0.25, 0.3) is 0 Å². The smallest absolute Gasteiger partial charge is 0.269 e. The minimum absolute atomic E-state index is 0.157. The summed E-state index contributed by atoms with van der Waals surface area (Å²) in [5.74, 6) is 0.733. The van der Waals surface area contributed by atoms with Gasteiger partial charge in [0.25, 0.3) is 5.69 Å². The molecule has 1 aliphatic rings. The molecule has 1 N–H and O–H groups in total. The van der Waals surface area contributed by atoms with Crippen LogP contribution in [0.2, 0.25) is 0 Å². The van der Waals surface area contributed by atoms with Crippen molar-refractivity contribution < 1.29 is 4.92 Å². The Morgan fingerprint density at radius 2 is 1.94 bits per heavy atom. The molecule has 98 valence electrons. The molecule has 2 atom stereocenters. The summed E-state index contributed by atoms with van der Waals surface area (Å²) < 4.78 is 0. The highest BCUT2D eigenvalue weighted by molar-refractivity contribution is 5.32. The fraction of sp³-hybridized carbons (Fsp3) is 0.571. The van der Waals surface area contributed by atoms with Gasteiger partial charge in [-0.05, 0) is 24.3 Å². The van der Waals surface area contributed by atoms with E-state index in [0.29, 0.717) is 6.04 Å². The molecule has 2 rings (SSSR count). The number of nitro groups is 1. The van der Waals surface area contributed by atoms with Gasteiger partial charge in [-0.2, -0.15) is 0 Å². The first-order valence-corrected chi connectivity index (χ1v) is 6.63. The van der Waals surface area contributed by atoms with E-state index in [0.717, 1.165) is 18.0 Å². The molecule has 1 aliphatic carbocycles. The van der Waals surface area contributed by atoms with Gasteiger partial charge in [-0.25, -0.2) is 0 Å². The summed E-state index contributed by atoms with van der Waals surface area (Å²) in [6.07, 6.45) is 5.20. The maximum atomic E-state index is 10.6. The molecule has 1 aromatic rings. The number of nitrogens with one attached hydrogen (secondary N) is 1. The standard InChI is InChI=1S/C14H20N2O2/c1-11-4-2-3-5-14(11)15-10-12-6-8-13(9-7-12)16(17)18/h6-9,11,14-15H,2-5,10H2,1H3/t11-,14-/m1/s1. The summed E-state index contributed by atoms with van der Waals surface area (Å²) in [5, 5.41) is 14.1. The molecule has 0 radical (unpaired) electrons. The van der Waals surface area contributed by atoms with Gasteiger partial charge in [-0.3, -0.25) is 10.1 Å². The van der Waals surface area contributed by atoms with E-state index in [-0.39, 0.29) is 10.6 Å². The van der Waals surface area contributed by atoms with Crippen LogP contribution in [0, 0.1) is 16.0 Å². The first-order valence-electron chi connectivity index (χ1n) is 6.63. The van der Waals surface area contributed by atoms with E-state index in [1.807, 2.05) is 12.1 Å². The molecule has 18 heavy (non-hydrogen) atoms. The maximum absolute atomic E-state index is 10.6. The summed E-state index contributed by atoms with van der Waals surface area (Å²) in [6.45, 7) is 3.10. The van der Waals surface area contributed by atoms with Gasteiger partial charge in [-0.1, -0.05) is 31.9 Å². The summed E-state index contributed by atoms with van der Waals surface area (Å²) in [5.41, 5.74) is 1.27. The average Bonchev–Trinajstić information content (AvgIpc) is 2.38. The lowest BCUT2D eigenvalue weighted by atomic mass is 9.86. The molecule has 0 saturated heterocycles. The van der Waals surface area contributed by atoms with Crippen LogP contribution in [0.4, 0.5) is 5.69 Å². The summed E-state index contributed by atoms with van der Waals surface area (Å²) in [4.78, 5) is 10.2. The molecule has 1 saturated carbocycles. The lowest BCUT2D eigenvalue weighted by Crippen LogP contribution is -2.36. The van der Waals surface area contributed by atoms with Crippen LogP contribution in [0.1, 0.15) is 38.2 Å². The third kappa shape index (κ3) is 3.29. The van der Waals surface area contributed by atoms with Crippen LogP contribution >= 0.6 is 0 Å². The van der Waals surface area contributed by atoms with Crippen LogP contribution < -0.4 is 5.32 Å². The lowest BCUT2D eigenvalue weighted by molar-refractivity contribution is -0.384. The van der Waals surface area contributed by atoms with E-state index < -0.39 is 0 Å². The normalized spacial score (nSPS) is 23.8. The van der Waals surface area contributed by atoms with Crippen molar-refractivity contribution in [2.75, 3.05) is 0 Å². The van der Waals surface area contributed by atoms with Crippen molar-refractivity contribution in [1.82, 2.24) is 5.32 Å². The number of hydrogen-bond acceptors (Lipinski definition) is 3. The second-order valence-corrected chi connectivity index (χ2v) is 5.17. The molecule has 0 spiro atoms. The number of rotatable bonds is 4. The van der Waals surface area contributed by atoms with E-state index in [4.69, 9.17) is 0 Å². The number of hydrogen-bond donors (Lipinski definition) is 1. The highest BCUT2D eigenvalue weighted by Gasteiger charge is 2.20. The molecule has 1 fully saturated rings. The van der Waals surface area contributed by atoms with E-state index in [1.54, 1.807) is 12.1 Å². The zero-order chi connectivity index (χ0) is 13.0. The maximum Gasteiger partial charge on any atom is 0.269 e. The highest BCUT2D eigenvalue weighted by atomic mass is 16.6. The van der Waals surface area contributed by atoms with Gasteiger partial charge in [0.2, 0.25) is 0 Å². The zero-order valence-electron chi connectivity index (χ0n) is 10.8. The van der Waals surface area contributed by atoms with Gasteiger partial charge < -0.3 is 5.32 Å². The summed E-state index contributed by atoms with van der Waals surface area (Å²) in [7, 11) is 0. The Hall–Kier alpha value is -1.42. The molecule has 4 nitrogen and oxygen atoms in total. The highest BCUT2D eigenvalue weighted by Crippen LogP contribution is 2.24. The molecular formula is C14H20N2O2. The van der Waals surface area contributed by atoms with Gasteiger partial charge in [0, 0.05) is 24.7 Å². The topological polar surface area (TPSA) is 55.2 Å². The third-order valence-corrected chi connectivity index (χ3v) is 3.83. The van der Waals surface area contributed by atoms with Gasteiger partial charge in [0.1, 0.15) is 0 Å². The minimum Gasteiger partial charge on any atom is -0.310 e. The molecule has 1 aromatic carbocycles. The molecule has 4 heteroatoms. The Bertz CT molecular complexity index is 403. The van der Waals surface area contributed by atoms with Gasteiger partial charge in [0.15, 0.2) is 0 Å². The van der Waals surface area contributed by atoms with E-state index in [9.17, 15) is 10.1 Å². The van der Waals surface area contributed by atoms with Crippen LogP contribution in [-0.2, 0) is 6.54 Å². The van der Waals surface area contributed by atoms with E-state index >= 15 is 0 Å². The van der Waals surface area contributed by atoms with Crippen molar-refractivity contribution in [3.63, 3.8) is 0 Å². The molecule has 0 bridgehead atoms. The molecule has 0 heterocycles. The average molecular weight is 248 g/mol. The van der Waals surface area contributed by atoms with Crippen molar-refractivity contribution in [3.8, 4) is 0 Å². The second-order valence-electron chi connectivity index (χ2n) is 5.17. The Kier molecular flexibility index (Phi) is 4.31. The van der Waals surface area contributed by atoms with E-state index in [2.05, 4.69) is 12.2 Å².